The minimum atomic E-state index is -1.51. The number of rotatable bonds is 6. The highest BCUT2D eigenvalue weighted by Gasteiger charge is 2.20. The first-order chi connectivity index (χ1) is 32.5. The molecule has 0 bridgehead atoms. The van der Waals surface area contributed by atoms with Crippen molar-refractivity contribution < 1.29 is 10.0 Å². The van der Waals surface area contributed by atoms with Gasteiger partial charge >= 0.3 is 7.12 Å². The van der Waals surface area contributed by atoms with Gasteiger partial charge in [0.1, 0.15) is 0 Å². The van der Waals surface area contributed by atoms with Gasteiger partial charge in [0.2, 0.25) is 0 Å². The summed E-state index contributed by atoms with van der Waals surface area (Å²) in [6.07, 6.45) is 0. The molecule has 0 aliphatic carbocycles. The van der Waals surface area contributed by atoms with Crippen molar-refractivity contribution in [3.8, 4) is 55.6 Å². The molecule has 12 rings (SSSR count). The van der Waals surface area contributed by atoms with E-state index in [1.165, 1.54) is 59.1 Å². The molecule has 0 saturated heterocycles. The molecule has 2 nitrogen and oxygen atoms in total. The lowest BCUT2D eigenvalue weighted by molar-refractivity contribution is 0.426. The number of fused-ring (bicyclic) bond motifs is 6. The van der Waals surface area contributed by atoms with Crippen molar-refractivity contribution in [2.45, 2.75) is 0 Å². The van der Waals surface area contributed by atoms with Crippen molar-refractivity contribution in [1.82, 2.24) is 0 Å². The Labute approximate surface area is 401 Å². The van der Waals surface area contributed by atoms with E-state index in [0.717, 1.165) is 41.3 Å². The van der Waals surface area contributed by atoms with Crippen LogP contribution >= 0.6 is 38.6 Å². The number of hydrogen-bond donors (Lipinski definition) is 2. The van der Waals surface area contributed by atoms with Crippen LogP contribution in [0.3, 0.4) is 0 Å². The van der Waals surface area contributed by atoms with Crippen LogP contribution in [0.25, 0.3) is 96.0 Å². The fraction of sp³-hybridized carbons (Fsp3) is 0. The lowest BCUT2D eigenvalue weighted by atomic mass is 9.78. The lowest BCUT2D eigenvalue weighted by Gasteiger charge is -2.09. The Balaban J connectivity index is 0.000000136. The SMILES string of the molecule is Brc1ccccc1.OB(O)c1cc(-c2ccccc2)cc2c1sc1ccc(-c3ccccc3)cc12.c1ccc(-c2ccc3sc4c(-c5ccccc5)cc(-c5ccccc5)cc4c3c2)cc1. The van der Waals surface area contributed by atoms with Gasteiger partial charge in [-0.2, -0.15) is 0 Å². The van der Waals surface area contributed by atoms with Gasteiger partial charge in [0.05, 0.1) is 0 Å². The highest BCUT2D eigenvalue weighted by Crippen LogP contribution is 2.44. The van der Waals surface area contributed by atoms with E-state index >= 15 is 0 Å². The summed E-state index contributed by atoms with van der Waals surface area (Å²) < 4.78 is 5.88. The molecule has 0 saturated carbocycles. The summed E-state index contributed by atoms with van der Waals surface area (Å²) in [5.74, 6) is 0. The first-order valence-corrected chi connectivity index (χ1v) is 24.2. The summed E-state index contributed by atoms with van der Waals surface area (Å²) in [6, 6.07) is 84.5. The second-order valence-electron chi connectivity index (χ2n) is 16.0. The molecular formula is C60H42BBrO2S2. The Morgan fingerprint density at radius 1 is 0.303 bits per heavy atom. The van der Waals surface area contributed by atoms with Gasteiger partial charge in [-0.3, -0.25) is 0 Å². The topological polar surface area (TPSA) is 40.5 Å². The van der Waals surface area contributed by atoms with E-state index in [-0.39, 0.29) is 0 Å². The lowest BCUT2D eigenvalue weighted by Crippen LogP contribution is -2.30. The second kappa shape index (κ2) is 19.7. The largest absolute Gasteiger partial charge is 0.489 e. The van der Waals surface area contributed by atoms with Crippen LogP contribution in [0, 0.1) is 0 Å². The van der Waals surface area contributed by atoms with Crippen molar-refractivity contribution >= 4 is 91.5 Å². The molecule has 0 atom stereocenters. The molecule has 0 spiro atoms. The number of thiophene rings is 2. The molecule has 0 unspecified atom stereocenters. The third kappa shape index (κ3) is 9.29. The molecule has 0 radical (unpaired) electrons. The Hall–Kier alpha value is -6.90. The molecule has 66 heavy (non-hydrogen) atoms. The molecule has 0 fully saturated rings. The average molecular weight is 950 g/mol. The van der Waals surface area contributed by atoms with Crippen molar-refractivity contribution in [3.63, 3.8) is 0 Å². The Bertz CT molecular complexity index is 3540. The monoisotopic (exact) mass is 948 g/mol. The maximum atomic E-state index is 10.0. The average Bonchev–Trinajstić information content (AvgIpc) is 3.95. The first-order valence-electron chi connectivity index (χ1n) is 21.8. The number of halogens is 1. The van der Waals surface area contributed by atoms with Crippen LogP contribution in [-0.4, -0.2) is 17.2 Å². The number of benzene rings is 10. The van der Waals surface area contributed by atoms with Crippen LogP contribution < -0.4 is 5.46 Å². The van der Waals surface area contributed by atoms with Gasteiger partial charge in [0, 0.05) is 55.8 Å². The molecular weight excluding hydrogens is 908 g/mol. The van der Waals surface area contributed by atoms with Crippen molar-refractivity contribution in [2.24, 2.45) is 0 Å². The smallest absolute Gasteiger partial charge is 0.423 e. The van der Waals surface area contributed by atoms with E-state index in [1.54, 1.807) is 11.3 Å². The van der Waals surface area contributed by atoms with Gasteiger partial charge in [0.25, 0.3) is 0 Å². The van der Waals surface area contributed by atoms with Crippen LogP contribution in [0.4, 0.5) is 0 Å². The summed E-state index contributed by atoms with van der Waals surface area (Å²) in [5, 5.41) is 24.9. The van der Waals surface area contributed by atoms with E-state index in [1.807, 2.05) is 96.3 Å². The minimum Gasteiger partial charge on any atom is -0.423 e. The van der Waals surface area contributed by atoms with E-state index in [2.05, 4.69) is 174 Å². The minimum absolute atomic E-state index is 0.554. The molecule has 12 aromatic rings. The van der Waals surface area contributed by atoms with Crippen LogP contribution in [-0.2, 0) is 0 Å². The van der Waals surface area contributed by atoms with Crippen molar-refractivity contribution in [3.05, 3.63) is 247 Å². The molecule has 2 N–H and O–H groups in total. The molecule has 0 aliphatic heterocycles. The Morgan fingerprint density at radius 2 is 0.652 bits per heavy atom. The maximum Gasteiger partial charge on any atom is 0.489 e. The summed E-state index contributed by atoms with van der Waals surface area (Å²) in [5.41, 5.74) is 12.5. The van der Waals surface area contributed by atoms with Crippen LogP contribution in [0.15, 0.2) is 247 Å². The Kier molecular flexibility index (Phi) is 12.8. The summed E-state index contributed by atoms with van der Waals surface area (Å²) in [4.78, 5) is 0. The van der Waals surface area contributed by atoms with Gasteiger partial charge in [0.15, 0.2) is 0 Å². The highest BCUT2D eigenvalue weighted by molar-refractivity contribution is 9.10. The summed E-state index contributed by atoms with van der Waals surface area (Å²) >= 11 is 6.81. The molecule has 316 valence electrons. The predicted molar refractivity (Wildman–Crippen MR) is 290 cm³/mol. The normalized spacial score (nSPS) is 11.0. The molecule has 6 heteroatoms. The summed E-state index contributed by atoms with van der Waals surface area (Å²) in [7, 11) is -1.51. The predicted octanol–water partition coefficient (Wildman–Crippen LogP) is 16.6. The first kappa shape index (κ1) is 43.0. The summed E-state index contributed by atoms with van der Waals surface area (Å²) in [6.45, 7) is 0. The van der Waals surface area contributed by atoms with Gasteiger partial charge in [-0.15, -0.1) is 22.7 Å². The van der Waals surface area contributed by atoms with Crippen LogP contribution in [0.2, 0.25) is 0 Å². The van der Waals surface area contributed by atoms with E-state index in [4.69, 9.17) is 0 Å². The van der Waals surface area contributed by atoms with E-state index in [0.29, 0.717) is 5.46 Å². The maximum absolute atomic E-state index is 10.0. The third-order valence-corrected chi connectivity index (χ3v) is 14.7. The zero-order valence-electron chi connectivity index (χ0n) is 35.8. The van der Waals surface area contributed by atoms with Crippen LogP contribution in [0.5, 0.6) is 0 Å². The zero-order valence-corrected chi connectivity index (χ0v) is 39.0. The van der Waals surface area contributed by atoms with Gasteiger partial charge in [-0.25, -0.2) is 0 Å². The zero-order chi connectivity index (χ0) is 44.8. The molecule has 0 aliphatic rings. The highest BCUT2D eigenvalue weighted by atomic mass is 79.9. The fourth-order valence-electron chi connectivity index (χ4n) is 8.44. The van der Waals surface area contributed by atoms with Gasteiger partial charge in [-0.05, 0) is 105 Å². The standard InChI is InChI=1S/C30H20S.C24H17BO2S.C6H5Br/c1-4-10-21(11-5-1)24-16-17-29-27(18-24)28-20-25(22-12-6-2-7-13-22)19-26(30(28)31-29)23-14-8-3-9-15-23;26-25(27)22-15-19(17-9-5-2-6-10-17)14-21-20-13-18(16-7-3-1-4-8-16)11-12-23(20)28-24(21)22;7-6-4-2-1-3-5-6/h1-20H;1-15,26-27H;1-5H. The molecule has 2 heterocycles. The van der Waals surface area contributed by atoms with E-state index in [9.17, 15) is 10.0 Å². The van der Waals surface area contributed by atoms with Crippen LogP contribution in [0.1, 0.15) is 0 Å². The Morgan fingerprint density at radius 3 is 1.06 bits per heavy atom. The second-order valence-corrected chi connectivity index (χ2v) is 19.0. The quantitative estimate of drug-likeness (QED) is 0.163. The third-order valence-electron chi connectivity index (χ3n) is 11.7. The van der Waals surface area contributed by atoms with Crippen molar-refractivity contribution in [1.29, 1.82) is 0 Å². The molecule has 10 aromatic carbocycles. The van der Waals surface area contributed by atoms with Gasteiger partial charge in [-0.1, -0.05) is 204 Å². The van der Waals surface area contributed by atoms with Gasteiger partial charge < -0.3 is 10.0 Å². The van der Waals surface area contributed by atoms with Crippen molar-refractivity contribution in [2.75, 3.05) is 0 Å². The number of hydrogen-bond acceptors (Lipinski definition) is 4. The van der Waals surface area contributed by atoms with E-state index < -0.39 is 7.12 Å². The molecule has 2 aromatic heterocycles. The fourth-order valence-corrected chi connectivity index (χ4v) is 11.1. The molecule has 0 amide bonds.